The molecule has 1 aromatic carbocycles. The van der Waals surface area contributed by atoms with Crippen LogP contribution in [0, 0.1) is 25.6 Å². The molecule has 2 heterocycles. The minimum absolute atomic E-state index is 0.182. The molecule has 0 bridgehead atoms. The molecule has 0 saturated heterocycles. The number of aryl methyl sites for hydroxylation is 2. The number of halogens is 1. The Bertz CT molecular complexity index is 1110. The van der Waals surface area contributed by atoms with Gasteiger partial charge >= 0.3 is 0 Å². The van der Waals surface area contributed by atoms with E-state index in [2.05, 4.69) is 25.6 Å². The number of hydrogen-bond donors (Lipinski definition) is 2. The molecule has 0 radical (unpaired) electrons. The van der Waals surface area contributed by atoms with E-state index in [0.717, 1.165) is 17.3 Å². The molecule has 2 aromatic heterocycles. The number of nitrogens with one attached hydrogen (secondary N) is 2. The van der Waals surface area contributed by atoms with E-state index in [1.807, 2.05) is 0 Å². The molecule has 7 nitrogen and oxygen atoms in total. The van der Waals surface area contributed by atoms with E-state index in [1.54, 1.807) is 13.8 Å². The topological polar surface area (TPSA) is 96.9 Å². The second-order valence-electron chi connectivity index (χ2n) is 7.33. The summed E-state index contributed by atoms with van der Waals surface area (Å²) >= 11 is 1.25. The van der Waals surface area contributed by atoms with Crippen LogP contribution in [0.2, 0.25) is 0 Å². The summed E-state index contributed by atoms with van der Waals surface area (Å²) in [7, 11) is 0. The Hall–Kier alpha value is -3.20. The molecule has 0 unspecified atom stereocenters. The number of carbonyl (C=O) groups is 2. The fourth-order valence-corrected chi connectivity index (χ4v) is 3.61. The van der Waals surface area contributed by atoms with Crippen LogP contribution in [0.5, 0.6) is 0 Å². The van der Waals surface area contributed by atoms with Gasteiger partial charge in [-0.15, -0.1) is 11.3 Å². The lowest BCUT2D eigenvalue weighted by Crippen LogP contribution is -2.17. The maximum atomic E-state index is 14.4. The van der Waals surface area contributed by atoms with Crippen molar-refractivity contribution >= 4 is 34.5 Å². The molecule has 0 atom stereocenters. The Morgan fingerprint density at radius 1 is 1.07 bits per heavy atom. The summed E-state index contributed by atoms with van der Waals surface area (Å²) in [4.78, 5) is 38.0. The summed E-state index contributed by atoms with van der Waals surface area (Å²) in [5.74, 6) is -0.283. The summed E-state index contributed by atoms with van der Waals surface area (Å²) in [5.41, 5.74) is 1.06. The second kappa shape index (κ2) is 8.27. The van der Waals surface area contributed by atoms with E-state index >= 15 is 0 Å². The Morgan fingerprint density at radius 3 is 2.43 bits per heavy atom. The van der Waals surface area contributed by atoms with E-state index in [9.17, 15) is 14.0 Å². The highest BCUT2D eigenvalue weighted by atomic mass is 32.1. The number of aromatic nitrogens is 3. The van der Waals surface area contributed by atoms with Crippen molar-refractivity contribution in [2.75, 3.05) is 10.6 Å². The molecular weight excluding hydrogens is 405 g/mol. The van der Waals surface area contributed by atoms with E-state index in [-0.39, 0.29) is 11.5 Å². The number of anilines is 2. The lowest BCUT2D eigenvalue weighted by Gasteiger charge is -2.12. The van der Waals surface area contributed by atoms with Crippen LogP contribution in [0.25, 0.3) is 0 Å². The highest BCUT2D eigenvalue weighted by Gasteiger charge is 2.23. The maximum Gasteiger partial charge on any atom is 0.267 e. The molecule has 1 fully saturated rings. The highest BCUT2D eigenvalue weighted by molar-refractivity contribution is 7.13. The molecule has 0 aliphatic heterocycles. The van der Waals surface area contributed by atoms with Gasteiger partial charge in [0, 0.05) is 12.1 Å². The van der Waals surface area contributed by atoms with Crippen LogP contribution in [-0.4, -0.2) is 26.8 Å². The first-order valence-electron chi connectivity index (χ1n) is 9.55. The maximum absolute atomic E-state index is 14.4. The van der Waals surface area contributed by atoms with Gasteiger partial charge in [0.2, 0.25) is 0 Å². The van der Waals surface area contributed by atoms with Gasteiger partial charge in [0.1, 0.15) is 16.5 Å². The average molecular weight is 425 g/mol. The smallest absolute Gasteiger partial charge is 0.267 e. The zero-order valence-corrected chi connectivity index (χ0v) is 17.3. The Kier molecular flexibility index (Phi) is 5.54. The number of benzene rings is 1. The van der Waals surface area contributed by atoms with Gasteiger partial charge in [0.05, 0.1) is 34.8 Å². The largest absolute Gasteiger partial charge is 0.321 e. The Labute approximate surface area is 176 Å². The van der Waals surface area contributed by atoms with E-state index in [4.69, 9.17) is 0 Å². The Morgan fingerprint density at radius 2 is 1.80 bits per heavy atom. The molecular formula is C21H20FN5O2S. The van der Waals surface area contributed by atoms with Crippen LogP contribution >= 0.6 is 11.3 Å². The number of carbonyl (C=O) groups excluding carboxylic acids is 2. The van der Waals surface area contributed by atoms with E-state index in [1.165, 1.54) is 54.9 Å². The van der Waals surface area contributed by atoms with Gasteiger partial charge in [-0.3, -0.25) is 9.59 Å². The second-order valence-corrected chi connectivity index (χ2v) is 8.57. The molecule has 1 aliphatic carbocycles. The van der Waals surface area contributed by atoms with Crippen molar-refractivity contribution in [3.63, 3.8) is 0 Å². The zero-order chi connectivity index (χ0) is 21.3. The lowest BCUT2D eigenvalue weighted by molar-refractivity contribution is 0.101. The number of rotatable bonds is 6. The predicted molar refractivity (Wildman–Crippen MR) is 112 cm³/mol. The van der Waals surface area contributed by atoms with Crippen molar-refractivity contribution in [2.24, 2.45) is 5.92 Å². The van der Waals surface area contributed by atoms with Crippen LogP contribution in [0.3, 0.4) is 0 Å². The third-order valence-electron chi connectivity index (χ3n) is 4.78. The molecule has 2 N–H and O–H groups in total. The van der Waals surface area contributed by atoms with Crippen molar-refractivity contribution in [1.82, 2.24) is 15.0 Å². The third-order valence-corrected chi connectivity index (χ3v) is 5.69. The molecule has 3 aromatic rings. The van der Waals surface area contributed by atoms with Crippen LogP contribution in [0.15, 0.2) is 30.7 Å². The van der Waals surface area contributed by atoms with Gasteiger partial charge in [0.15, 0.2) is 0 Å². The van der Waals surface area contributed by atoms with Crippen LogP contribution in [0.1, 0.15) is 49.3 Å². The van der Waals surface area contributed by atoms with Crippen LogP contribution in [0.4, 0.5) is 15.8 Å². The average Bonchev–Trinajstić information content (AvgIpc) is 3.42. The van der Waals surface area contributed by atoms with Gasteiger partial charge in [-0.1, -0.05) is 0 Å². The summed E-state index contributed by atoms with van der Waals surface area (Å²) in [6.07, 6.45) is 7.76. The monoisotopic (exact) mass is 425 g/mol. The molecule has 154 valence electrons. The van der Waals surface area contributed by atoms with Gasteiger partial charge in [-0.05, 0) is 50.3 Å². The van der Waals surface area contributed by atoms with Crippen LogP contribution < -0.4 is 10.6 Å². The molecule has 4 rings (SSSR count). The van der Waals surface area contributed by atoms with E-state index < -0.39 is 11.7 Å². The molecule has 9 heteroatoms. The normalized spacial score (nSPS) is 13.2. The third kappa shape index (κ3) is 4.68. The number of hydrogen-bond acceptors (Lipinski definition) is 6. The van der Waals surface area contributed by atoms with Crippen molar-refractivity contribution in [3.8, 4) is 0 Å². The summed E-state index contributed by atoms with van der Waals surface area (Å²) in [5, 5.41) is 6.09. The quantitative estimate of drug-likeness (QED) is 0.619. The standard InChI is InChI=1S/C21H20FN5O2S/c1-11-5-16(22)15(7-17(11)27-21(29)18-10-23-12(2)30-18)20(28)26-14-8-24-19(25-9-14)6-13-3-4-13/h5,7-10,13H,3-4,6H2,1-2H3,(H,26,28)(H,27,29). The lowest BCUT2D eigenvalue weighted by atomic mass is 10.1. The van der Waals surface area contributed by atoms with Crippen molar-refractivity contribution in [3.05, 3.63) is 63.4 Å². The minimum Gasteiger partial charge on any atom is -0.321 e. The Balaban J connectivity index is 1.49. The van der Waals surface area contributed by atoms with Crippen molar-refractivity contribution in [2.45, 2.75) is 33.1 Å². The van der Waals surface area contributed by atoms with Gasteiger partial charge in [0.25, 0.3) is 11.8 Å². The predicted octanol–water partition coefficient (Wildman–Crippen LogP) is 4.15. The van der Waals surface area contributed by atoms with Gasteiger partial charge in [-0.2, -0.15) is 0 Å². The molecule has 0 spiro atoms. The molecule has 2 amide bonds. The SMILES string of the molecule is Cc1ncc(C(=O)Nc2cc(C(=O)Nc3cnc(CC4CC4)nc3)c(F)cc2C)s1. The number of amides is 2. The summed E-state index contributed by atoms with van der Waals surface area (Å²) in [6.45, 7) is 3.46. The number of nitrogens with zero attached hydrogens (tertiary/aromatic N) is 3. The number of thiazole rings is 1. The molecule has 30 heavy (non-hydrogen) atoms. The first kappa shape index (κ1) is 20.1. The van der Waals surface area contributed by atoms with Gasteiger partial charge in [-0.25, -0.2) is 19.3 Å². The van der Waals surface area contributed by atoms with Gasteiger partial charge < -0.3 is 10.6 Å². The first-order chi connectivity index (χ1) is 14.4. The first-order valence-corrected chi connectivity index (χ1v) is 10.4. The summed E-state index contributed by atoms with van der Waals surface area (Å²) in [6, 6.07) is 2.55. The molecule has 1 saturated carbocycles. The van der Waals surface area contributed by atoms with Crippen molar-refractivity contribution in [1.29, 1.82) is 0 Å². The van der Waals surface area contributed by atoms with Crippen LogP contribution in [-0.2, 0) is 6.42 Å². The highest BCUT2D eigenvalue weighted by Crippen LogP contribution is 2.31. The van der Waals surface area contributed by atoms with E-state index in [0.29, 0.717) is 27.7 Å². The molecule has 1 aliphatic rings. The van der Waals surface area contributed by atoms with Crippen molar-refractivity contribution < 1.29 is 14.0 Å². The fraction of sp³-hybridized carbons (Fsp3) is 0.286. The zero-order valence-electron chi connectivity index (χ0n) is 16.5. The minimum atomic E-state index is -0.678. The summed E-state index contributed by atoms with van der Waals surface area (Å²) < 4.78 is 14.4. The fourth-order valence-electron chi connectivity index (χ4n) is 2.93.